The van der Waals surface area contributed by atoms with Crippen molar-refractivity contribution in [2.75, 3.05) is 32.9 Å². The van der Waals surface area contributed by atoms with E-state index in [1.54, 1.807) is 0 Å². The topological polar surface area (TPSA) is 67.9 Å². The zero-order chi connectivity index (χ0) is 18.1. The summed E-state index contributed by atoms with van der Waals surface area (Å²) in [5.74, 6) is 0. The molecule has 0 saturated carbocycles. The van der Waals surface area contributed by atoms with Crippen LogP contribution in [0, 0.1) is 0 Å². The van der Waals surface area contributed by atoms with Crippen molar-refractivity contribution in [2.24, 2.45) is 0 Å². The van der Waals surface area contributed by atoms with Gasteiger partial charge in [0.25, 0.3) is 0 Å². The lowest BCUT2D eigenvalue weighted by Crippen LogP contribution is -2.45. The van der Waals surface area contributed by atoms with Gasteiger partial charge in [-0.15, -0.1) is 0 Å². The van der Waals surface area contributed by atoms with E-state index in [9.17, 15) is 8.42 Å². The molecule has 4 rings (SSSR count). The summed E-state index contributed by atoms with van der Waals surface area (Å²) in [5.41, 5.74) is 1.11. The highest BCUT2D eigenvalue weighted by molar-refractivity contribution is 7.90. The summed E-state index contributed by atoms with van der Waals surface area (Å²) in [4.78, 5) is 2.35. The van der Waals surface area contributed by atoms with Crippen LogP contribution in [0.4, 0.5) is 0 Å². The number of morpholine rings is 1. The molecule has 0 bridgehead atoms. The number of hydrogen-bond donors (Lipinski definition) is 1. The zero-order valence-corrected chi connectivity index (χ0v) is 16.2. The highest BCUT2D eigenvalue weighted by atomic mass is 35.5. The molecular formula is C18H25ClN2O4S. The summed E-state index contributed by atoms with van der Waals surface area (Å²) in [6.45, 7) is 3.20. The normalized spacial score (nSPS) is 31.0. The van der Waals surface area contributed by atoms with E-state index < -0.39 is 10.0 Å². The van der Waals surface area contributed by atoms with E-state index in [0.29, 0.717) is 37.7 Å². The van der Waals surface area contributed by atoms with Gasteiger partial charge in [0.15, 0.2) is 0 Å². The van der Waals surface area contributed by atoms with Gasteiger partial charge in [0.2, 0.25) is 10.0 Å². The molecule has 3 aliphatic heterocycles. The third-order valence-electron chi connectivity index (χ3n) is 5.60. The third kappa shape index (κ3) is 4.08. The first-order chi connectivity index (χ1) is 12.5. The maximum atomic E-state index is 12.6. The van der Waals surface area contributed by atoms with Crippen LogP contribution in [0.15, 0.2) is 24.3 Å². The lowest BCUT2D eigenvalue weighted by molar-refractivity contribution is -0.0502. The molecule has 0 spiro atoms. The summed E-state index contributed by atoms with van der Waals surface area (Å²) in [7, 11) is -3.29. The highest BCUT2D eigenvalue weighted by Gasteiger charge is 2.40. The largest absolute Gasteiger partial charge is 0.381 e. The molecule has 0 aromatic heterocycles. The highest BCUT2D eigenvalue weighted by Crippen LogP contribution is 2.31. The van der Waals surface area contributed by atoms with Gasteiger partial charge in [0, 0.05) is 43.4 Å². The molecule has 3 heterocycles. The number of nitrogens with zero attached hydrogens (tertiary/aromatic N) is 1. The Labute approximate surface area is 159 Å². The number of hydrogen-bond acceptors (Lipinski definition) is 5. The van der Waals surface area contributed by atoms with Crippen LogP contribution in [-0.4, -0.2) is 63.6 Å². The molecule has 26 heavy (non-hydrogen) atoms. The first kappa shape index (κ1) is 18.7. The number of rotatable bonds is 4. The van der Waals surface area contributed by atoms with Gasteiger partial charge in [-0.25, -0.2) is 13.1 Å². The monoisotopic (exact) mass is 400 g/mol. The van der Waals surface area contributed by atoms with Crippen molar-refractivity contribution >= 4 is 21.6 Å². The van der Waals surface area contributed by atoms with E-state index in [2.05, 4.69) is 9.62 Å². The summed E-state index contributed by atoms with van der Waals surface area (Å²) in [6, 6.07) is 7.98. The van der Waals surface area contributed by atoms with Gasteiger partial charge in [0.05, 0.1) is 18.0 Å². The van der Waals surface area contributed by atoms with Crippen LogP contribution in [0.1, 0.15) is 30.9 Å². The minimum absolute atomic E-state index is 0.00867. The summed E-state index contributed by atoms with van der Waals surface area (Å²) in [6.07, 6.45) is 1.97. The van der Waals surface area contributed by atoms with E-state index in [1.807, 2.05) is 24.3 Å². The molecule has 0 radical (unpaired) electrons. The Hall–Kier alpha value is -0.700. The van der Waals surface area contributed by atoms with Crippen LogP contribution in [0.25, 0.3) is 0 Å². The van der Waals surface area contributed by atoms with Crippen LogP contribution < -0.4 is 4.72 Å². The fourth-order valence-corrected chi connectivity index (χ4v) is 5.92. The Kier molecular flexibility index (Phi) is 5.55. The van der Waals surface area contributed by atoms with Crippen LogP contribution in [-0.2, 0) is 19.5 Å². The van der Waals surface area contributed by atoms with Gasteiger partial charge >= 0.3 is 0 Å². The molecular weight excluding hydrogens is 376 g/mol. The van der Waals surface area contributed by atoms with Crippen molar-refractivity contribution in [1.82, 2.24) is 9.62 Å². The molecule has 3 saturated heterocycles. The van der Waals surface area contributed by atoms with Crippen molar-refractivity contribution < 1.29 is 17.9 Å². The average Bonchev–Trinajstić information content (AvgIpc) is 3.03. The number of ether oxygens (including phenoxy) is 2. The van der Waals surface area contributed by atoms with E-state index in [4.69, 9.17) is 21.1 Å². The molecule has 6 nitrogen and oxygen atoms in total. The second-order valence-corrected chi connectivity index (χ2v) is 9.82. The Balaban J connectivity index is 1.36. The molecule has 3 aliphatic rings. The Morgan fingerprint density at radius 3 is 2.58 bits per heavy atom. The predicted molar refractivity (Wildman–Crippen MR) is 99.8 cm³/mol. The van der Waals surface area contributed by atoms with Gasteiger partial charge in [-0.1, -0.05) is 23.7 Å². The average molecular weight is 401 g/mol. The molecule has 0 aliphatic carbocycles. The van der Waals surface area contributed by atoms with Gasteiger partial charge in [-0.3, -0.25) is 4.90 Å². The Bertz CT molecular complexity index is 721. The minimum Gasteiger partial charge on any atom is -0.381 e. The minimum atomic E-state index is -3.29. The Morgan fingerprint density at radius 1 is 1.12 bits per heavy atom. The maximum Gasteiger partial charge on any atom is 0.214 e. The number of nitrogens with one attached hydrogen (secondary N) is 1. The molecule has 3 atom stereocenters. The molecule has 8 heteroatoms. The molecule has 3 fully saturated rings. The predicted octanol–water partition coefficient (Wildman–Crippen LogP) is 1.95. The second-order valence-electron chi connectivity index (χ2n) is 7.39. The third-order valence-corrected chi connectivity index (χ3v) is 7.86. The van der Waals surface area contributed by atoms with E-state index >= 15 is 0 Å². The first-order valence-corrected chi connectivity index (χ1v) is 11.1. The molecule has 1 aromatic carbocycles. The smallest absolute Gasteiger partial charge is 0.214 e. The molecule has 0 amide bonds. The summed E-state index contributed by atoms with van der Waals surface area (Å²) < 4.78 is 39.5. The van der Waals surface area contributed by atoms with E-state index in [-0.39, 0.29) is 23.4 Å². The number of fused-ring (bicyclic) bond motifs is 1. The number of benzene rings is 1. The van der Waals surface area contributed by atoms with Gasteiger partial charge < -0.3 is 9.47 Å². The fourth-order valence-electron chi connectivity index (χ4n) is 4.15. The molecule has 0 unspecified atom stereocenters. The standard InChI is InChI=1S/C18H25ClN2O4S/c19-14-3-1-13(2-4-14)18-11-21-10-15(9-16(21)12-25-18)20-26(22,23)17-5-7-24-8-6-17/h1-4,15-18,20H,5-12H2/t15-,16+,18-/m1/s1. The number of sulfonamides is 1. The van der Waals surface area contributed by atoms with Gasteiger partial charge in [-0.05, 0) is 37.0 Å². The van der Waals surface area contributed by atoms with Crippen LogP contribution in [0.2, 0.25) is 5.02 Å². The van der Waals surface area contributed by atoms with Gasteiger partial charge in [-0.2, -0.15) is 0 Å². The molecule has 144 valence electrons. The molecule has 1 N–H and O–H groups in total. The summed E-state index contributed by atoms with van der Waals surface area (Å²) in [5, 5.41) is 0.387. The first-order valence-electron chi connectivity index (χ1n) is 9.21. The lowest BCUT2D eigenvalue weighted by atomic mass is 10.1. The van der Waals surface area contributed by atoms with E-state index in [1.165, 1.54) is 0 Å². The fraction of sp³-hybridized carbons (Fsp3) is 0.667. The van der Waals surface area contributed by atoms with Crippen LogP contribution in [0.3, 0.4) is 0 Å². The van der Waals surface area contributed by atoms with Crippen LogP contribution >= 0.6 is 11.6 Å². The molecule has 1 aromatic rings. The SMILES string of the molecule is O=S(=O)(N[C@@H]1C[C@H]2CO[C@@H](c3ccc(Cl)cc3)CN2C1)C1CCOCC1. The maximum absolute atomic E-state index is 12.6. The van der Waals surface area contributed by atoms with Crippen LogP contribution in [0.5, 0.6) is 0 Å². The summed E-state index contributed by atoms with van der Waals surface area (Å²) >= 11 is 5.96. The second kappa shape index (κ2) is 7.73. The van der Waals surface area contributed by atoms with Crippen molar-refractivity contribution in [2.45, 2.75) is 42.7 Å². The number of halogens is 1. The van der Waals surface area contributed by atoms with E-state index in [0.717, 1.165) is 25.1 Å². The zero-order valence-electron chi connectivity index (χ0n) is 14.6. The van der Waals surface area contributed by atoms with Gasteiger partial charge in [0.1, 0.15) is 0 Å². The van der Waals surface area contributed by atoms with Crippen molar-refractivity contribution in [3.8, 4) is 0 Å². The van der Waals surface area contributed by atoms with Crippen molar-refractivity contribution in [3.05, 3.63) is 34.9 Å². The Morgan fingerprint density at radius 2 is 1.85 bits per heavy atom. The van der Waals surface area contributed by atoms with Crippen molar-refractivity contribution in [1.29, 1.82) is 0 Å². The van der Waals surface area contributed by atoms with Crippen molar-refractivity contribution in [3.63, 3.8) is 0 Å². The quantitative estimate of drug-likeness (QED) is 0.836. The lowest BCUT2D eigenvalue weighted by Gasteiger charge is -2.35.